The molecule has 31 valence electrons. The predicted octanol–water partition coefficient (Wildman–Crippen LogP) is -0.0100. The van der Waals surface area contributed by atoms with E-state index in [2.05, 4.69) is 0 Å². The summed E-state index contributed by atoms with van der Waals surface area (Å²) in [6.07, 6.45) is 0. The molecule has 0 aliphatic carbocycles. The first-order chi connectivity index (χ1) is 0. The van der Waals surface area contributed by atoms with Gasteiger partial charge in [-0.1, -0.05) is 0 Å². The Hall–Kier alpha value is 2.68. The van der Waals surface area contributed by atoms with E-state index in [0.717, 1.165) is 0 Å². The minimum absolute atomic E-state index is 0. The van der Waals surface area contributed by atoms with Gasteiger partial charge in [-0.2, -0.15) is 0 Å². The third kappa shape index (κ3) is 8.82. The summed E-state index contributed by atoms with van der Waals surface area (Å²) in [6.45, 7) is 0. The van der Waals surface area contributed by atoms with Crippen molar-refractivity contribution in [3.8, 4) is 0 Å². The Kier molecular flexibility index (Phi) is 130. The normalized spacial score (nSPS) is 0. The molecule has 0 aromatic rings. The van der Waals surface area contributed by atoms with Gasteiger partial charge in [0.15, 0.2) is 0 Å². The molecule has 0 amide bonds. The average Bonchev–Trinajstić information content (AvgIpc) is 0. The molecule has 4 heavy (non-hydrogen) atoms. The number of hydrogen-bond acceptors (Lipinski definition) is 0. The molecule has 0 spiro atoms. The van der Waals surface area contributed by atoms with Crippen molar-refractivity contribution in [2.24, 2.45) is 0 Å². The fraction of sp³-hybridized carbons (Fsp3) is 0. The van der Waals surface area contributed by atoms with Crippen LogP contribution in [0, 0.1) is 0 Å². The Labute approximate surface area is 81.1 Å². The first kappa shape index (κ1) is 30.0. The van der Waals surface area contributed by atoms with Gasteiger partial charge in [-0.25, -0.2) is 0 Å². The molecule has 0 rings (SSSR count). The van der Waals surface area contributed by atoms with Gasteiger partial charge in [0.25, 0.3) is 0 Å². The molecule has 0 saturated carbocycles. The van der Waals surface area contributed by atoms with E-state index < -0.39 is 0 Å². The van der Waals surface area contributed by atoms with Gasteiger partial charge in [0.1, 0.15) is 0 Å². The Bertz CT molecular complexity index is 8.00. The summed E-state index contributed by atoms with van der Waals surface area (Å²) in [5.74, 6) is 0. The van der Waals surface area contributed by atoms with Crippen LogP contribution in [-0.2, 0) is 82.4 Å². The zero-order valence-corrected chi connectivity index (χ0v) is 9.47. The summed E-state index contributed by atoms with van der Waals surface area (Å²) >= 11 is 0. The minimum Gasteiger partial charge on any atom is 0 e. The Morgan fingerprint density at radius 2 is 1.00 bits per heavy atom. The zero-order chi connectivity index (χ0) is 0. The molecule has 0 heterocycles. The summed E-state index contributed by atoms with van der Waals surface area (Å²) < 4.78 is 0. The molecule has 4 heteroatoms. The van der Waals surface area contributed by atoms with Gasteiger partial charge in [-0.05, 0) is 0 Å². The second-order valence-electron chi connectivity index (χ2n) is 0. The molecule has 0 saturated heterocycles. The first-order valence-corrected chi connectivity index (χ1v) is 0. The first-order valence-electron chi connectivity index (χ1n) is 0. The third-order valence-electron chi connectivity index (χ3n) is 0. The molecule has 1 radical (unpaired) electrons. The summed E-state index contributed by atoms with van der Waals surface area (Å²) in [5.41, 5.74) is 0. The van der Waals surface area contributed by atoms with Crippen LogP contribution in [0.25, 0.3) is 0 Å². The number of rotatable bonds is 0. The van der Waals surface area contributed by atoms with Crippen LogP contribution in [0.3, 0.4) is 0 Å². The Balaban J connectivity index is 0. The molecule has 0 fully saturated rings. The average molecular weight is 536 g/mol. The SMILES string of the molecule is [Ir].[Pt].[Ru].[Ti]. The topological polar surface area (TPSA) is 0 Å². The quantitative estimate of drug-likeness (QED) is 0.383. The second kappa shape index (κ2) is 17.3. The van der Waals surface area contributed by atoms with Gasteiger partial charge in [-0.3, -0.25) is 0 Å². The van der Waals surface area contributed by atoms with E-state index in [0.29, 0.717) is 0 Å². The van der Waals surface area contributed by atoms with Crippen LogP contribution in [0.4, 0.5) is 0 Å². The van der Waals surface area contributed by atoms with Gasteiger partial charge < -0.3 is 0 Å². The molecule has 0 nitrogen and oxygen atoms in total. The van der Waals surface area contributed by atoms with Crippen LogP contribution in [0.5, 0.6) is 0 Å². The van der Waals surface area contributed by atoms with Gasteiger partial charge in [0, 0.05) is 82.4 Å². The Morgan fingerprint density at radius 1 is 1.00 bits per heavy atom. The maximum absolute atomic E-state index is 0. The van der Waals surface area contributed by atoms with Gasteiger partial charge in [0.2, 0.25) is 0 Å². The van der Waals surface area contributed by atoms with E-state index in [-0.39, 0.29) is 82.4 Å². The van der Waals surface area contributed by atoms with E-state index in [9.17, 15) is 0 Å². The van der Waals surface area contributed by atoms with Gasteiger partial charge in [0.05, 0.1) is 0 Å². The van der Waals surface area contributed by atoms with Gasteiger partial charge >= 0.3 is 0 Å². The second-order valence-corrected chi connectivity index (χ2v) is 0. The molecule has 0 aromatic carbocycles. The molecule has 0 unspecified atom stereocenters. The minimum atomic E-state index is 0. The zero-order valence-electron chi connectivity index (χ0n) is 1.50. The standard InChI is InChI=1S/Ir.Pt.Ru.Ti. The van der Waals surface area contributed by atoms with Crippen molar-refractivity contribution in [3.63, 3.8) is 0 Å². The van der Waals surface area contributed by atoms with E-state index >= 15 is 0 Å². The van der Waals surface area contributed by atoms with Crippen molar-refractivity contribution >= 4 is 0 Å². The van der Waals surface area contributed by atoms with E-state index in [1.165, 1.54) is 0 Å². The molecule has 0 aromatic heterocycles. The van der Waals surface area contributed by atoms with E-state index in [1.54, 1.807) is 0 Å². The van der Waals surface area contributed by atoms with Gasteiger partial charge in [-0.15, -0.1) is 0 Å². The van der Waals surface area contributed by atoms with E-state index in [4.69, 9.17) is 0 Å². The molecular formula is IrPtRuTi. The van der Waals surface area contributed by atoms with Crippen LogP contribution in [-0.4, -0.2) is 0 Å². The van der Waals surface area contributed by atoms with Crippen LogP contribution >= 0.6 is 0 Å². The molecule has 0 N–H and O–H groups in total. The van der Waals surface area contributed by atoms with Crippen LogP contribution in [0.1, 0.15) is 0 Å². The molecule has 0 bridgehead atoms. The number of hydrogen-bond donors (Lipinski definition) is 0. The monoisotopic (exact) mass is 538 g/mol. The Morgan fingerprint density at radius 3 is 1.00 bits per heavy atom. The third-order valence-corrected chi connectivity index (χ3v) is 0. The molecular weight excluding hydrogens is 536 g/mol. The fourth-order valence-corrected chi connectivity index (χ4v) is 0. The summed E-state index contributed by atoms with van der Waals surface area (Å²) in [5, 5.41) is 0. The van der Waals surface area contributed by atoms with Crippen molar-refractivity contribution in [1.82, 2.24) is 0 Å². The molecule has 0 aliphatic rings. The van der Waals surface area contributed by atoms with Crippen molar-refractivity contribution in [1.29, 1.82) is 0 Å². The van der Waals surface area contributed by atoms with Crippen LogP contribution < -0.4 is 0 Å². The summed E-state index contributed by atoms with van der Waals surface area (Å²) in [6, 6.07) is 0. The van der Waals surface area contributed by atoms with Crippen molar-refractivity contribution in [2.45, 2.75) is 0 Å². The van der Waals surface area contributed by atoms with Crippen molar-refractivity contribution in [3.05, 3.63) is 0 Å². The molecule has 0 aliphatic heterocycles. The van der Waals surface area contributed by atoms with Crippen LogP contribution in [0.15, 0.2) is 0 Å². The summed E-state index contributed by atoms with van der Waals surface area (Å²) in [7, 11) is 0. The predicted molar refractivity (Wildman–Crippen MR) is 0 cm³/mol. The largest absolute Gasteiger partial charge is 0 e. The fourth-order valence-electron chi connectivity index (χ4n) is 0. The smallest absolute Gasteiger partial charge is 0 e. The van der Waals surface area contributed by atoms with E-state index in [1.807, 2.05) is 0 Å². The summed E-state index contributed by atoms with van der Waals surface area (Å²) in [4.78, 5) is 0. The molecule has 0 atom stereocenters. The van der Waals surface area contributed by atoms with Crippen molar-refractivity contribution < 1.29 is 82.4 Å². The maximum atomic E-state index is 0. The van der Waals surface area contributed by atoms with Crippen molar-refractivity contribution in [2.75, 3.05) is 0 Å². The van der Waals surface area contributed by atoms with Crippen LogP contribution in [0.2, 0.25) is 0 Å². The maximum Gasteiger partial charge on any atom is 0 e.